The molecule has 4 aromatic rings. The summed E-state index contributed by atoms with van der Waals surface area (Å²) >= 11 is 1.54. The molecule has 118 valence electrons. The van der Waals surface area contributed by atoms with Gasteiger partial charge in [0.15, 0.2) is 0 Å². The maximum atomic E-state index is 12.5. The van der Waals surface area contributed by atoms with Crippen LogP contribution in [0.4, 0.5) is 0 Å². The topological polar surface area (TPSA) is 73.0 Å². The monoisotopic (exact) mass is 335 g/mol. The van der Waals surface area contributed by atoms with Gasteiger partial charge in [0.2, 0.25) is 0 Å². The molecule has 7 heteroatoms. The minimum absolute atomic E-state index is 0.180. The van der Waals surface area contributed by atoms with E-state index in [1.54, 1.807) is 6.20 Å². The lowest BCUT2D eigenvalue weighted by molar-refractivity contribution is 0.818. The predicted molar refractivity (Wildman–Crippen MR) is 95.8 cm³/mol. The summed E-state index contributed by atoms with van der Waals surface area (Å²) in [4.78, 5) is 27.4. The van der Waals surface area contributed by atoms with Gasteiger partial charge in [0.05, 0.1) is 28.8 Å². The molecule has 0 unspecified atom stereocenters. The van der Waals surface area contributed by atoms with Crippen LogP contribution in [0.25, 0.3) is 21.3 Å². The van der Waals surface area contributed by atoms with Crippen molar-refractivity contribution in [3.05, 3.63) is 63.8 Å². The van der Waals surface area contributed by atoms with Gasteiger partial charge in [-0.3, -0.25) is 9.78 Å². The first-order valence-electron chi connectivity index (χ1n) is 7.51. The summed E-state index contributed by atoms with van der Waals surface area (Å²) in [7, 11) is 0. The minimum atomic E-state index is -0.180. The quantitative estimate of drug-likeness (QED) is 0.540. The van der Waals surface area contributed by atoms with Gasteiger partial charge in [-0.2, -0.15) is 9.78 Å². The summed E-state index contributed by atoms with van der Waals surface area (Å²) in [5.41, 5.74) is 2.01. The molecule has 3 aromatic heterocycles. The van der Waals surface area contributed by atoms with E-state index >= 15 is 0 Å². The maximum Gasteiger partial charge on any atom is 0.282 e. The number of benzene rings is 1. The van der Waals surface area contributed by atoms with Crippen molar-refractivity contribution in [3.8, 4) is 0 Å². The van der Waals surface area contributed by atoms with Crippen molar-refractivity contribution in [1.29, 1.82) is 0 Å². The van der Waals surface area contributed by atoms with Gasteiger partial charge < -0.3 is 0 Å². The van der Waals surface area contributed by atoms with Crippen LogP contribution in [0.15, 0.2) is 52.8 Å². The normalized spacial score (nSPS) is 11.7. The first kappa shape index (κ1) is 14.6. The highest BCUT2D eigenvalue weighted by Crippen LogP contribution is 2.20. The molecule has 0 fully saturated rings. The summed E-state index contributed by atoms with van der Waals surface area (Å²) in [5, 5.41) is 4.79. The summed E-state index contributed by atoms with van der Waals surface area (Å²) in [6.07, 6.45) is 5.46. The van der Waals surface area contributed by atoms with Crippen molar-refractivity contribution in [2.24, 2.45) is 5.10 Å². The molecular formula is C17H13N5OS. The molecule has 6 nitrogen and oxygen atoms in total. The molecule has 3 heterocycles. The van der Waals surface area contributed by atoms with Crippen molar-refractivity contribution >= 4 is 38.8 Å². The van der Waals surface area contributed by atoms with Gasteiger partial charge in [-0.05, 0) is 24.6 Å². The SMILES string of the molecule is CCc1cc2c(=O)n(/N=C\c3cnc4ccccc4n3)cnc2s1. The van der Waals surface area contributed by atoms with Crippen LogP contribution in [0.5, 0.6) is 0 Å². The Kier molecular flexibility index (Phi) is 3.62. The van der Waals surface area contributed by atoms with E-state index in [2.05, 4.69) is 27.0 Å². The standard InChI is InChI=1S/C17H13N5OS/c1-2-12-7-13-16(24-12)19-10-22(17(13)23)20-9-11-8-18-14-5-3-4-6-15(14)21-11/h3-10H,2H2,1H3/b20-9-. The number of fused-ring (bicyclic) bond motifs is 2. The molecule has 0 N–H and O–H groups in total. The largest absolute Gasteiger partial charge is 0.282 e. The fourth-order valence-corrected chi connectivity index (χ4v) is 3.30. The third-order valence-electron chi connectivity index (χ3n) is 3.62. The van der Waals surface area contributed by atoms with Crippen molar-refractivity contribution in [1.82, 2.24) is 19.6 Å². The zero-order chi connectivity index (χ0) is 16.5. The van der Waals surface area contributed by atoms with Gasteiger partial charge in [-0.15, -0.1) is 11.3 Å². The molecule has 0 saturated carbocycles. The first-order valence-corrected chi connectivity index (χ1v) is 8.32. The second-order valence-electron chi connectivity index (χ2n) is 5.21. The molecule has 0 amide bonds. The van der Waals surface area contributed by atoms with Crippen molar-refractivity contribution in [2.45, 2.75) is 13.3 Å². The maximum absolute atomic E-state index is 12.5. The molecule has 4 rings (SSSR count). The average molecular weight is 335 g/mol. The number of aromatic nitrogens is 4. The number of thiophene rings is 1. The van der Waals surface area contributed by atoms with E-state index in [4.69, 9.17) is 0 Å². The van der Waals surface area contributed by atoms with Crippen LogP contribution in [-0.4, -0.2) is 25.8 Å². The number of aryl methyl sites for hydroxylation is 1. The molecule has 0 aliphatic rings. The Bertz CT molecular complexity index is 1130. The second-order valence-corrected chi connectivity index (χ2v) is 6.32. The molecule has 0 radical (unpaired) electrons. The lowest BCUT2D eigenvalue weighted by atomic mass is 10.3. The van der Waals surface area contributed by atoms with E-state index in [0.717, 1.165) is 27.2 Å². The number of rotatable bonds is 3. The van der Waals surface area contributed by atoms with Crippen molar-refractivity contribution in [3.63, 3.8) is 0 Å². The molecule has 0 aliphatic heterocycles. The molecule has 0 spiro atoms. The van der Waals surface area contributed by atoms with Gasteiger partial charge in [-0.25, -0.2) is 9.97 Å². The Morgan fingerprint density at radius 3 is 2.92 bits per heavy atom. The van der Waals surface area contributed by atoms with E-state index in [0.29, 0.717) is 11.1 Å². The van der Waals surface area contributed by atoms with Gasteiger partial charge in [0.25, 0.3) is 5.56 Å². The van der Waals surface area contributed by atoms with E-state index < -0.39 is 0 Å². The van der Waals surface area contributed by atoms with Crippen molar-refractivity contribution in [2.75, 3.05) is 0 Å². The zero-order valence-corrected chi connectivity index (χ0v) is 13.7. The number of hydrogen-bond donors (Lipinski definition) is 0. The lowest BCUT2D eigenvalue weighted by Crippen LogP contribution is -2.16. The Hall–Kier alpha value is -2.93. The first-order chi connectivity index (χ1) is 11.7. The third kappa shape index (κ3) is 2.59. The molecule has 0 aliphatic carbocycles. The smallest absolute Gasteiger partial charge is 0.267 e. The van der Waals surface area contributed by atoms with Crippen LogP contribution in [0, 0.1) is 0 Å². The van der Waals surface area contributed by atoms with Crippen LogP contribution in [0.2, 0.25) is 0 Å². The van der Waals surface area contributed by atoms with E-state index in [1.165, 1.54) is 28.6 Å². The Morgan fingerprint density at radius 2 is 2.08 bits per heavy atom. The van der Waals surface area contributed by atoms with Gasteiger partial charge in [-0.1, -0.05) is 19.1 Å². The third-order valence-corrected chi connectivity index (χ3v) is 4.80. The predicted octanol–water partition coefficient (Wildman–Crippen LogP) is 2.85. The minimum Gasteiger partial charge on any atom is -0.267 e. The van der Waals surface area contributed by atoms with E-state index in [9.17, 15) is 4.79 Å². The lowest BCUT2D eigenvalue weighted by Gasteiger charge is -1.98. The van der Waals surface area contributed by atoms with Gasteiger partial charge in [0, 0.05) is 4.88 Å². The highest BCUT2D eigenvalue weighted by Gasteiger charge is 2.07. The van der Waals surface area contributed by atoms with E-state index in [1.807, 2.05) is 30.3 Å². The fourth-order valence-electron chi connectivity index (χ4n) is 2.37. The highest BCUT2D eigenvalue weighted by molar-refractivity contribution is 7.18. The van der Waals surface area contributed by atoms with Crippen LogP contribution in [0.3, 0.4) is 0 Å². The van der Waals surface area contributed by atoms with Crippen LogP contribution < -0.4 is 5.56 Å². The summed E-state index contributed by atoms with van der Waals surface area (Å²) in [5.74, 6) is 0. The van der Waals surface area contributed by atoms with Crippen LogP contribution >= 0.6 is 11.3 Å². The number of nitrogens with zero attached hydrogens (tertiary/aromatic N) is 5. The average Bonchev–Trinajstić information content (AvgIpc) is 3.05. The zero-order valence-electron chi connectivity index (χ0n) is 12.9. The van der Waals surface area contributed by atoms with Crippen molar-refractivity contribution < 1.29 is 0 Å². The molecule has 1 aromatic carbocycles. The second kappa shape index (κ2) is 5.93. The number of hydrogen-bond acceptors (Lipinski definition) is 6. The summed E-state index contributed by atoms with van der Waals surface area (Å²) in [6.45, 7) is 2.06. The molecule has 24 heavy (non-hydrogen) atoms. The molecular weight excluding hydrogens is 322 g/mol. The van der Waals surface area contributed by atoms with Crippen LogP contribution in [-0.2, 0) is 6.42 Å². The molecule has 0 saturated heterocycles. The van der Waals surface area contributed by atoms with Crippen LogP contribution in [0.1, 0.15) is 17.5 Å². The summed E-state index contributed by atoms with van der Waals surface area (Å²) < 4.78 is 1.23. The Balaban J connectivity index is 1.73. The van der Waals surface area contributed by atoms with E-state index in [-0.39, 0.29) is 5.56 Å². The molecule has 0 atom stereocenters. The fraction of sp³-hybridized carbons (Fsp3) is 0.118. The van der Waals surface area contributed by atoms with Gasteiger partial charge >= 0.3 is 0 Å². The Labute approximate surface area is 141 Å². The Morgan fingerprint density at radius 1 is 1.25 bits per heavy atom. The highest BCUT2D eigenvalue weighted by atomic mass is 32.1. The summed E-state index contributed by atoms with van der Waals surface area (Å²) in [6, 6.07) is 9.49. The van der Waals surface area contributed by atoms with Gasteiger partial charge in [0.1, 0.15) is 16.9 Å². The number of para-hydroxylation sites is 2. The molecule has 0 bridgehead atoms.